The fourth-order valence-corrected chi connectivity index (χ4v) is 1.34. The van der Waals surface area contributed by atoms with E-state index in [2.05, 4.69) is 0 Å². The molecule has 2 aliphatic carbocycles. The Morgan fingerprint density at radius 3 is 1.60 bits per heavy atom. The van der Waals surface area contributed by atoms with Crippen LogP contribution in [0, 0.1) is 5.92 Å². The third-order valence-corrected chi connectivity index (χ3v) is 2.29. The van der Waals surface area contributed by atoms with Crippen molar-refractivity contribution in [2.24, 2.45) is 5.92 Å². The normalized spacial score (nSPS) is 51.0. The molecule has 0 aromatic heterocycles. The molecule has 0 bridgehead atoms. The quantitative estimate of drug-likeness (QED) is 0.507. The van der Waals surface area contributed by atoms with Gasteiger partial charge in [-0.1, -0.05) is 0 Å². The molecule has 0 amide bonds. The van der Waals surface area contributed by atoms with E-state index in [4.69, 9.17) is 0 Å². The molecule has 0 spiro atoms. The molecule has 0 nitrogen and oxygen atoms in total. The van der Waals surface area contributed by atoms with E-state index in [0.717, 1.165) is 0 Å². The maximum absolute atomic E-state index is 12.7. The molecule has 0 saturated heterocycles. The van der Waals surface area contributed by atoms with E-state index in [0.29, 0.717) is 12.8 Å². The van der Waals surface area contributed by atoms with Crippen LogP contribution in [0.5, 0.6) is 0 Å². The third kappa shape index (κ3) is 0.454. The number of halogens is 4. The Labute approximate surface area is 55.2 Å². The van der Waals surface area contributed by atoms with Crippen molar-refractivity contribution < 1.29 is 17.6 Å². The second-order valence-electron chi connectivity index (χ2n) is 3.03. The van der Waals surface area contributed by atoms with E-state index < -0.39 is 23.7 Å². The van der Waals surface area contributed by atoms with Crippen LogP contribution >= 0.6 is 0 Å². The summed E-state index contributed by atoms with van der Waals surface area (Å²) in [5, 5.41) is 0. The molecule has 10 heavy (non-hydrogen) atoms. The molecule has 0 radical (unpaired) electrons. The number of alkyl halides is 4. The first-order valence-corrected chi connectivity index (χ1v) is 3.22. The van der Waals surface area contributed by atoms with Gasteiger partial charge in [-0.05, 0) is 12.8 Å². The van der Waals surface area contributed by atoms with E-state index in [9.17, 15) is 17.6 Å². The van der Waals surface area contributed by atoms with Crippen molar-refractivity contribution in [3.8, 4) is 0 Å². The second-order valence-corrected chi connectivity index (χ2v) is 3.03. The molecule has 2 aliphatic rings. The standard InChI is InChI=1S/C6H6F4/c7-4-5(8,3-1-2-3)6(4,9)10/h3-4H,1-2H2. The lowest BCUT2D eigenvalue weighted by Gasteiger charge is -1.99. The Morgan fingerprint density at radius 1 is 1.10 bits per heavy atom. The molecule has 2 saturated carbocycles. The molecule has 2 fully saturated rings. The molecular formula is C6H6F4. The van der Waals surface area contributed by atoms with Crippen molar-refractivity contribution in [3.05, 3.63) is 0 Å². The maximum atomic E-state index is 12.7. The molecule has 0 aromatic carbocycles. The first-order valence-electron chi connectivity index (χ1n) is 3.22. The van der Waals surface area contributed by atoms with Crippen LogP contribution in [0.4, 0.5) is 17.6 Å². The summed E-state index contributed by atoms with van der Waals surface area (Å²) >= 11 is 0. The van der Waals surface area contributed by atoms with E-state index in [1.54, 1.807) is 0 Å². The van der Waals surface area contributed by atoms with Crippen LogP contribution in [0.15, 0.2) is 0 Å². The number of hydrogen-bond donors (Lipinski definition) is 0. The molecule has 4 heteroatoms. The third-order valence-electron chi connectivity index (χ3n) is 2.29. The van der Waals surface area contributed by atoms with Crippen molar-refractivity contribution in [2.45, 2.75) is 30.6 Å². The van der Waals surface area contributed by atoms with Crippen LogP contribution in [-0.4, -0.2) is 17.8 Å². The van der Waals surface area contributed by atoms with Gasteiger partial charge < -0.3 is 0 Å². The fourth-order valence-electron chi connectivity index (χ4n) is 1.34. The minimum atomic E-state index is -3.69. The highest BCUT2D eigenvalue weighted by atomic mass is 19.3. The Bertz CT molecular complexity index is 175. The molecule has 0 aromatic rings. The Balaban J connectivity index is 2.19. The predicted octanol–water partition coefficient (Wildman–Crippen LogP) is 2.09. The highest BCUT2D eigenvalue weighted by Crippen LogP contribution is 2.67. The van der Waals surface area contributed by atoms with Gasteiger partial charge in [0.1, 0.15) is 0 Å². The van der Waals surface area contributed by atoms with E-state index >= 15 is 0 Å². The lowest BCUT2D eigenvalue weighted by Crippen LogP contribution is -2.14. The van der Waals surface area contributed by atoms with Gasteiger partial charge in [-0.25, -0.2) is 8.78 Å². The van der Waals surface area contributed by atoms with Crippen LogP contribution in [0.25, 0.3) is 0 Å². The van der Waals surface area contributed by atoms with E-state index in [1.807, 2.05) is 0 Å². The molecule has 0 aliphatic heterocycles. The van der Waals surface area contributed by atoms with Crippen molar-refractivity contribution in [1.29, 1.82) is 0 Å². The molecule has 58 valence electrons. The van der Waals surface area contributed by atoms with Gasteiger partial charge in [0, 0.05) is 5.92 Å². The van der Waals surface area contributed by atoms with Crippen molar-refractivity contribution in [1.82, 2.24) is 0 Å². The predicted molar refractivity (Wildman–Crippen MR) is 26.4 cm³/mol. The minimum Gasteiger partial charge on any atom is -0.237 e. The average molecular weight is 154 g/mol. The van der Waals surface area contributed by atoms with Gasteiger partial charge in [0.15, 0.2) is 0 Å². The summed E-state index contributed by atoms with van der Waals surface area (Å²) in [7, 11) is 0. The van der Waals surface area contributed by atoms with Gasteiger partial charge in [-0.3, -0.25) is 0 Å². The van der Waals surface area contributed by atoms with Gasteiger partial charge in [0.2, 0.25) is 11.8 Å². The summed E-state index contributed by atoms with van der Waals surface area (Å²) in [5.41, 5.74) is -2.78. The summed E-state index contributed by atoms with van der Waals surface area (Å²) < 4.78 is 49.1. The van der Waals surface area contributed by atoms with Crippen molar-refractivity contribution >= 4 is 0 Å². The smallest absolute Gasteiger partial charge is 0.237 e. The number of hydrogen-bond acceptors (Lipinski definition) is 0. The number of rotatable bonds is 1. The van der Waals surface area contributed by atoms with E-state index in [1.165, 1.54) is 0 Å². The molecular weight excluding hydrogens is 148 g/mol. The Hall–Kier alpha value is -0.280. The topological polar surface area (TPSA) is 0 Å². The lowest BCUT2D eigenvalue weighted by atomic mass is 10.2. The molecule has 0 heterocycles. The van der Waals surface area contributed by atoms with Crippen molar-refractivity contribution in [2.75, 3.05) is 0 Å². The van der Waals surface area contributed by atoms with Gasteiger partial charge >= 0.3 is 5.92 Å². The molecule has 2 unspecified atom stereocenters. The first-order chi connectivity index (χ1) is 4.51. The molecule has 2 atom stereocenters. The maximum Gasteiger partial charge on any atom is 0.318 e. The summed E-state index contributed by atoms with van der Waals surface area (Å²) in [6.45, 7) is 0. The van der Waals surface area contributed by atoms with Crippen LogP contribution in [-0.2, 0) is 0 Å². The molecule has 0 N–H and O–H groups in total. The average Bonchev–Trinajstić information content (AvgIpc) is 2.71. The molecule has 2 rings (SSSR count). The Kier molecular flexibility index (Phi) is 0.860. The highest BCUT2D eigenvalue weighted by molar-refractivity contribution is 5.27. The van der Waals surface area contributed by atoms with Crippen LogP contribution in [0.2, 0.25) is 0 Å². The van der Waals surface area contributed by atoms with Gasteiger partial charge in [-0.15, -0.1) is 0 Å². The second kappa shape index (κ2) is 1.34. The van der Waals surface area contributed by atoms with Gasteiger partial charge in [0.25, 0.3) is 0 Å². The first kappa shape index (κ1) is 6.43. The minimum absolute atomic E-state index is 0.409. The zero-order valence-corrected chi connectivity index (χ0v) is 5.08. The summed E-state index contributed by atoms with van der Waals surface area (Å²) in [5.74, 6) is -4.40. The zero-order valence-electron chi connectivity index (χ0n) is 5.08. The summed E-state index contributed by atoms with van der Waals surface area (Å²) in [6, 6.07) is 0. The van der Waals surface area contributed by atoms with Crippen molar-refractivity contribution in [3.63, 3.8) is 0 Å². The largest absolute Gasteiger partial charge is 0.318 e. The fraction of sp³-hybridized carbons (Fsp3) is 1.00. The van der Waals surface area contributed by atoms with E-state index in [-0.39, 0.29) is 0 Å². The summed E-state index contributed by atoms with van der Waals surface area (Å²) in [4.78, 5) is 0. The van der Waals surface area contributed by atoms with Gasteiger partial charge in [-0.2, -0.15) is 8.78 Å². The lowest BCUT2D eigenvalue weighted by molar-refractivity contribution is 0.0295. The highest BCUT2D eigenvalue weighted by Gasteiger charge is 2.88. The Morgan fingerprint density at radius 2 is 1.50 bits per heavy atom. The summed E-state index contributed by atoms with van der Waals surface area (Å²) in [6.07, 6.45) is -1.72. The van der Waals surface area contributed by atoms with Crippen LogP contribution in [0.1, 0.15) is 12.8 Å². The monoisotopic (exact) mass is 154 g/mol. The van der Waals surface area contributed by atoms with Crippen LogP contribution < -0.4 is 0 Å². The zero-order chi connectivity index (χ0) is 7.57. The van der Waals surface area contributed by atoms with Crippen LogP contribution in [0.3, 0.4) is 0 Å². The SMILES string of the molecule is FC1C(F)(F)C1(F)C1CC1. The van der Waals surface area contributed by atoms with Gasteiger partial charge in [0.05, 0.1) is 0 Å².